The fraction of sp³-hybridized carbons (Fsp3) is 0.440. The number of hydrogen-bond donors (Lipinski definition) is 1. The average molecular weight is 509 g/mol. The molecule has 1 atom stereocenters. The summed E-state index contributed by atoms with van der Waals surface area (Å²) in [6.45, 7) is 5.94. The number of ether oxygens (including phenoxy) is 1. The number of nitrogens with zero attached hydrogens (tertiary/aromatic N) is 5. The molecule has 4 rings (SSSR count). The Kier molecular flexibility index (Phi) is 8.18. The SMILES string of the molecule is CCN(Cc1cc2c(nc1C=O)N(C(=O)Nc1cc(SC3CCOC3)c(C#N)cn1)CCC2)C(C)=O. The molecule has 10 nitrogen and oxygen atoms in total. The molecule has 11 heteroatoms. The number of nitrogens with one attached hydrogen (secondary N) is 1. The van der Waals surface area contributed by atoms with Crippen LogP contribution in [0.5, 0.6) is 0 Å². The first-order chi connectivity index (χ1) is 17.4. The lowest BCUT2D eigenvalue weighted by Gasteiger charge is -2.29. The van der Waals surface area contributed by atoms with Gasteiger partial charge < -0.3 is 9.64 Å². The fourth-order valence-corrected chi connectivity index (χ4v) is 5.43. The van der Waals surface area contributed by atoms with E-state index in [1.54, 1.807) is 22.7 Å². The van der Waals surface area contributed by atoms with Crippen molar-refractivity contribution in [3.8, 4) is 6.07 Å². The van der Waals surface area contributed by atoms with Crippen LogP contribution in [0.2, 0.25) is 0 Å². The first kappa shape index (κ1) is 25.6. The van der Waals surface area contributed by atoms with Crippen LogP contribution in [-0.2, 0) is 22.5 Å². The Balaban J connectivity index is 1.56. The molecule has 2 aliphatic rings. The van der Waals surface area contributed by atoms with Crippen LogP contribution < -0.4 is 10.2 Å². The minimum Gasteiger partial charge on any atom is -0.380 e. The zero-order chi connectivity index (χ0) is 25.7. The predicted octanol–water partition coefficient (Wildman–Crippen LogP) is 3.39. The van der Waals surface area contributed by atoms with Crippen LogP contribution in [0.1, 0.15) is 53.9 Å². The summed E-state index contributed by atoms with van der Waals surface area (Å²) < 4.78 is 5.43. The molecule has 0 bridgehead atoms. The maximum absolute atomic E-state index is 13.2. The van der Waals surface area contributed by atoms with Gasteiger partial charge in [0.25, 0.3) is 0 Å². The van der Waals surface area contributed by atoms with Gasteiger partial charge in [-0.15, -0.1) is 11.8 Å². The minimum atomic E-state index is -0.413. The van der Waals surface area contributed by atoms with Crippen molar-refractivity contribution in [2.75, 3.05) is 36.5 Å². The van der Waals surface area contributed by atoms with E-state index in [1.165, 1.54) is 18.0 Å². The Bertz CT molecular complexity index is 1210. The number of aryl methyl sites for hydroxylation is 1. The average Bonchev–Trinajstić information content (AvgIpc) is 3.39. The maximum Gasteiger partial charge on any atom is 0.328 e. The summed E-state index contributed by atoms with van der Waals surface area (Å²) in [5, 5.41) is 12.5. The molecule has 1 fully saturated rings. The van der Waals surface area contributed by atoms with Crippen molar-refractivity contribution < 1.29 is 19.1 Å². The van der Waals surface area contributed by atoms with Crippen LogP contribution >= 0.6 is 11.8 Å². The van der Waals surface area contributed by atoms with E-state index in [0.29, 0.717) is 61.8 Å². The summed E-state index contributed by atoms with van der Waals surface area (Å²) in [7, 11) is 0. The molecule has 1 N–H and O–H groups in total. The van der Waals surface area contributed by atoms with E-state index in [4.69, 9.17) is 4.74 Å². The van der Waals surface area contributed by atoms with Crippen LogP contribution in [0.25, 0.3) is 0 Å². The van der Waals surface area contributed by atoms with Crippen LogP contribution in [-0.4, -0.2) is 64.6 Å². The normalized spacial score (nSPS) is 16.7. The molecule has 0 radical (unpaired) electrons. The van der Waals surface area contributed by atoms with Crippen molar-refractivity contribution in [2.24, 2.45) is 0 Å². The largest absolute Gasteiger partial charge is 0.380 e. The first-order valence-electron chi connectivity index (χ1n) is 11.9. The number of anilines is 2. The van der Waals surface area contributed by atoms with Gasteiger partial charge in [-0.05, 0) is 43.9 Å². The highest BCUT2D eigenvalue weighted by atomic mass is 32.2. The second-order valence-electron chi connectivity index (χ2n) is 8.63. The second-order valence-corrected chi connectivity index (χ2v) is 9.98. The van der Waals surface area contributed by atoms with Crippen molar-refractivity contribution in [1.29, 1.82) is 5.26 Å². The molecule has 3 amide bonds. The highest BCUT2D eigenvalue weighted by molar-refractivity contribution is 8.00. The molecule has 1 unspecified atom stereocenters. The number of thioether (sulfide) groups is 1. The molecular formula is C25H28N6O4S. The standard InChI is InChI=1S/C25H28N6O4S/c1-3-30(16(2)33)13-18-9-17-5-4-7-31(24(17)28-21(18)14-32)25(34)29-23-10-22(19(11-26)12-27-23)36-20-6-8-35-15-20/h9-10,12,14,20H,3-8,13,15H2,1-2H3,(H,27,29,34). The van der Waals surface area contributed by atoms with E-state index in [-0.39, 0.29) is 23.4 Å². The molecule has 2 aliphatic heterocycles. The van der Waals surface area contributed by atoms with Gasteiger partial charge in [-0.1, -0.05) is 0 Å². The van der Waals surface area contributed by atoms with Crippen LogP contribution in [0.4, 0.5) is 16.4 Å². The van der Waals surface area contributed by atoms with E-state index in [1.807, 2.05) is 13.0 Å². The Morgan fingerprint density at radius 3 is 2.92 bits per heavy atom. The molecule has 2 aromatic heterocycles. The fourth-order valence-electron chi connectivity index (χ4n) is 4.28. The van der Waals surface area contributed by atoms with E-state index >= 15 is 0 Å². The molecule has 2 aromatic rings. The molecule has 0 spiro atoms. The third-order valence-electron chi connectivity index (χ3n) is 6.22. The van der Waals surface area contributed by atoms with Crippen LogP contribution in [0, 0.1) is 11.3 Å². The number of carbonyl (C=O) groups is 3. The Morgan fingerprint density at radius 2 is 2.25 bits per heavy atom. The lowest BCUT2D eigenvalue weighted by Crippen LogP contribution is -2.40. The predicted molar refractivity (Wildman–Crippen MR) is 135 cm³/mol. The number of pyridine rings is 2. The summed E-state index contributed by atoms with van der Waals surface area (Å²) in [5.41, 5.74) is 2.17. The van der Waals surface area contributed by atoms with Crippen molar-refractivity contribution in [3.63, 3.8) is 0 Å². The molecule has 0 aromatic carbocycles. The molecule has 0 saturated carbocycles. The number of urea groups is 1. The molecular weight excluding hydrogens is 480 g/mol. The van der Waals surface area contributed by atoms with Crippen molar-refractivity contribution in [1.82, 2.24) is 14.9 Å². The summed E-state index contributed by atoms with van der Waals surface area (Å²) in [6.07, 6.45) is 4.47. The Hall–Kier alpha value is -3.49. The van der Waals surface area contributed by atoms with Gasteiger partial charge in [-0.2, -0.15) is 5.26 Å². The number of aromatic nitrogens is 2. The number of nitriles is 1. The lowest BCUT2D eigenvalue weighted by molar-refractivity contribution is -0.129. The van der Waals surface area contributed by atoms with Crippen LogP contribution in [0.15, 0.2) is 23.2 Å². The van der Waals surface area contributed by atoms with E-state index in [2.05, 4.69) is 21.4 Å². The van der Waals surface area contributed by atoms with Gasteiger partial charge in [0.15, 0.2) is 6.29 Å². The molecule has 0 aliphatic carbocycles. The highest BCUT2D eigenvalue weighted by Gasteiger charge is 2.27. The second kappa shape index (κ2) is 11.5. The zero-order valence-corrected chi connectivity index (χ0v) is 21.1. The number of carbonyl (C=O) groups excluding carboxylic acids is 3. The number of hydrogen-bond acceptors (Lipinski definition) is 8. The number of amides is 3. The summed E-state index contributed by atoms with van der Waals surface area (Å²) in [6, 6.07) is 5.32. The minimum absolute atomic E-state index is 0.0824. The topological polar surface area (TPSA) is 129 Å². The van der Waals surface area contributed by atoms with Crippen molar-refractivity contribution in [2.45, 2.75) is 49.8 Å². The summed E-state index contributed by atoms with van der Waals surface area (Å²) in [4.78, 5) is 49.6. The first-order valence-corrected chi connectivity index (χ1v) is 12.8. The van der Waals surface area contributed by atoms with Gasteiger partial charge in [0.05, 0.1) is 12.2 Å². The number of rotatable bonds is 7. The molecule has 188 valence electrons. The van der Waals surface area contributed by atoms with Gasteiger partial charge in [0.2, 0.25) is 5.91 Å². The van der Waals surface area contributed by atoms with E-state index < -0.39 is 6.03 Å². The van der Waals surface area contributed by atoms with Gasteiger partial charge in [-0.25, -0.2) is 14.8 Å². The highest BCUT2D eigenvalue weighted by Crippen LogP contribution is 2.33. The van der Waals surface area contributed by atoms with Gasteiger partial charge in [0, 0.05) is 55.1 Å². The molecule has 4 heterocycles. The quantitative estimate of drug-likeness (QED) is 0.564. The van der Waals surface area contributed by atoms with Crippen LogP contribution in [0.3, 0.4) is 0 Å². The summed E-state index contributed by atoms with van der Waals surface area (Å²) >= 11 is 1.55. The maximum atomic E-state index is 13.2. The lowest BCUT2D eigenvalue weighted by atomic mass is 10.0. The Labute approximate surface area is 214 Å². The number of fused-ring (bicyclic) bond motifs is 1. The van der Waals surface area contributed by atoms with Gasteiger partial charge >= 0.3 is 6.03 Å². The third kappa shape index (κ3) is 5.66. The molecule has 36 heavy (non-hydrogen) atoms. The zero-order valence-electron chi connectivity index (χ0n) is 20.3. The van der Waals surface area contributed by atoms with Crippen molar-refractivity contribution >= 4 is 41.6 Å². The smallest absolute Gasteiger partial charge is 0.328 e. The Morgan fingerprint density at radius 1 is 1.42 bits per heavy atom. The monoisotopic (exact) mass is 508 g/mol. The van der Waals surface area contributed by atoms with Gasteiger partial charge in [0.1, 0.15) is 23.4 Å². The van der Waals surface area contributed by atoms with E-state index in [9.17, 15) is 19.6 Å². The van der Waals surface area contributed by atoms with E-state index in [0.717, 1.165) is 23.3 Å². The number of aldehydes is 1. The summed E-state index contributed by atoms with van der Waals surface area (Å²) in [5.74, 6) is 0.683. The van der Waals surface area contributed by atoms with Crippen molar-refractivity contribution in [3.05, 3.63) is 40.7 Å². The molecule has 1 saturated heterocycles. The van der Waals surface area contributed by atoms with Gasteiger partial charge in [-0.3, -0.25) is 19.8 Å². The third-order valence-corrected chi connectivity index (χ3v) is 7.52.